The van der Waals surface area contributed by atoms with Gasteiger partial charge in [-0.3, -0.25) is 0 Å². The fourth-order valence-corrected chi connectivity index (χ4v) is 2.21. The third-order valence-corrected chi connectivity index (χ3v) is 3.04. The van der Waals surface area contributed by atoms with Gasteiger partial charge in [0.15, 0.2) is 0 Å². The molecule has 0 heterocycles. The van der Waals surface area contributed by atoms with Crippen molar-refractivity contribution >= 4 is 0 Å². The molecule has 1 aromatic carbocycles. The highest BCUT2D eigenvalue weighted by molar-refractivity contribution is 5.23. The number of hydrogen-bond donors (Lipinski definition) is 1. The molecule has 2 nitrogen and oxygen atoms in total. The Morgan fingerprint density at radius 2 is 1.72 bits per heavy atom. The molecule has 0 saturated carbocycles. The van der Waals surface area contributed by atoms with Crippen LogP contribution in [-0.2, 0) is 4.74 Å². The summed E-state index contributed by atoms with van der Waals surface area (Å²) in [6.07, 6.45) is 1.54. The molecule has 2 heteroatoms. The topological polar surface area (TPSA) is 21.3 Å². The van der Waals surface area contributed by atoms with E-state index in [0.717, 1.165) is 13.0 Å². The van der Waals surface area contributed by atoms with Crippen molar-refractivity contribution < 1.29 is 4.74 Å². The molecule has 0 aliphatic carbocycles. The maximum absolute atomic E-state index is 6.17. The predicted octanol–water partition coefficient (Wildman–Crippen LogP) is 3.71. The van der Waals surface area contributed by atoms with Gasteiger partial charge in [-0.25, -0.2) is 0 Å². The van der Waals surface area contributed by atoms with Gasteiger partial charge >= 0.3 is 0 Å². The van der Waals surface area contributed by atoms with Crippen molar-refractivity contribution in [1.29, 1.82) is 0 Å². The van der Waals surface area contributed by atoms with E-state index in [1.807, 2.05) is 7.05 Å². The van der Waals surface area contributed by atoms with E-state index in [1.165, 1.54) is 11.1 Å². The minimum atomic E-state index is 0.143. The second kappa shape index (κ2) is 7.55. The lowest BCUT2D eigenvalue weighted by Gasteiger charge is -2.24. The van der Waals surface area contributed by atoms with Gasteiger partial charge in [0.05, 0.1) is 12.2 Å². The second-order valence-electron chi connectivity index (χ2n) is 5.53. The highest BCUT2D eigenvalue weighted by Gasteiger charge is 2.15. The summed E-state index contributed by atoms with van der Waals surface area (Å²) in [6.45, 7) is 9.60. The van der Waals surface area contributed by atoms with Crippen LogP contribution in [0.1, 0.15) is 44.4 Å². The van der Waals surface area contributed by atoms with Crippen LogP contribution in [0.5, 0.6) is 0 Å². The summed E-state index contributed by atoms with van der Waals surface area (Å²) in [5.41, 5.74) is 2.54. The smallest absolute Gasteiger partial charge is 0.0952 e. The van der Waals surface area contributed by atoms with Crippen molar-refractivity contribution in [3.8, 4) is 0 Å². The molecule has 0 bridgehead atoms. The molecule has 0 aliphatic heterocycles. The van der Waals surface area contributed by atoms with E-state index < -0.39 is 0 Å². The second-order valence-corrected chi connectivity index (χ2v) is 5.53. The van der Waals surface area contributed by atoms with Crippen molar-refractivity contribution in [3.63, 3.8) is 0 Å². The normalized spacial score (nSPS) is 14.8. The summed E-state index contributed by atoms with van der Waals surface area (Å²) in [4.78, 5) is 0. The summed E-state index contributed by atoms with van der Waals surface area (Å²) < 4.78 is 6.17. The molecule has 0 fully saturated rings. The molecule has 18 heavy (non-hydrogen) atoms. The molecule has 1 rings (SSSR count). The Balaban J connectivity index is 2.67. The molecule has 2 unspecified atom stereocenters. The largest absolute Gasteiger partial charge is 0.369 e. The maximum atomic E-state index is 6.17. The molecule has 102 valence electrons. The lowest BCUT2D eigenvalue weighted by Crippen LogP contribution is -2.24. The lowest BCUT2D eigenvalue weighted by atomic mass is 10.0. The zero-order valence-corrected chi connectivity index (χ0v) is 12.4. The van der Waals surface area contributed by atoms with E-state index >= 15 is 0 Å². The third-order valence-electron chi connectivity index (χ3n) is 3.04. The Hall–Kier alpha value is -0.860. The monoisotopic (exact) mass is 249 g/mol. The number of hydrogen-bond acceptors (Lipinski definition) is 2. The van der Waals surface area contributed by atoms with Crippen LogP contribution in [0.3, 0.4) is 0 Å². The molecule has 1 N–H and O–H groups in total. The van der Waals surface area contributed by atoms with Gasteiger partial charge in [0.2, 0.25) is 0 Å². The van der Waals surface area contributed by atoms with Gasteiger partial charge in [-0.15, -0.1) is 0 Å². The van der Waals surface area contributed by atoms with E-state index in [1.54, 1.807) is 0 Å². The van der Waals surface area contributed by atoms with Crippen molar-refractivity contribution in [2.75, 3.05) is 13.6 Å². The van der Waals surface area contributed by atoms with Crippen LogP contribution in [0.2, 0.25) is 0 Å². The van der Waals surface area contributed by atoms with Crippen molar-refractivity contribution in [2.45, 2.75) is 46.3 Å². The van der Waals surface area contributed by atoms with Gasteiger partial charge in [0.1, 0.15) is 0 Å². The van der Waals surface area contributed by atoms with E-state index in [4.69, 9.17) is 4.74 Å². The number of aryl methyl sites for hydroxylation is 1. The Kier molecular flexibility index (Phi) is 6.37. The molecule has 1 aromatic rings. The van der Waals surface area contributed by atoms with Crippen LogP contribution in [0.4, 0.5) is 0 Å². The SMILES string of the molecule is CNCC(OC(C)CC(C)C)c1ccc(C)cc1. The average molecular weight is 249 g/mol. The number of benzene rings is 1. The van der Waals surface area contributed by atoms with Crippen LogP contribution in [-0.4, -0.2) is 19.7 Å². The Morgan fingerprint density at radius 3 is 2.22 bits per heavy atom. The molecule has 0 amide bonds. The van der Waals surface area contributed by atoms with Crippen molar-refractivity contribution in [2.24, 2.45) is 5.92 Å². The van der Waals surface area contributed by atoms with Gasteiger partial charge in [-0.05, 0) is 38.8 Å². The Morgan fingerprint density at radius 1 is 1.11 bits per heavy atom. The van der Waals surface area contributed by atoms with Crippen molar-refractivity contribution in [1.82, 2.24) is 5.32 Å². The first-order valence-electron chi connectivity index (χ1n) is 6.89. The summed E-state index contributed by atoms with van der Waals surface area (Å²) in [6, 6.07) is 8.63. The molecular weight excluding hydrogens is 222 g/mol. The number of rotatable bonds is 7. The Bertz CT molecular complexity index is 331. The minimum absolute atomic E-state index is 0.143. The van der Waals surface area contributed by atoms with Gasteiger partial charge < -0.3 is 10.1 Å². The number of likely N-dealkylation sites (N-methyl/N-ethyl adjacent to an activating group) is 1. The zero-order valence-electron chi connectivity index (χ0n) is 12.4. The Labute approximate surface area is 112 Å². The van der Waals surface area contributed by atoms with Crippen LogP contribution in [0.15, 0.2) is 24.3 Å². The fraction of sp³-hybridized carbons (Fsp3) is 0.625. The molecule has 0 spiro atoms. The average Bonchev–Trinajstić information content (AvgIpc) is 2.28. The quantitative estimate of drug-likeness (QED) is 0.795. The fourth-order valence-electron chi connectivity index (χ4n) is 2.21. The first-order valence-corrected chi connectivity index (χ1v) is 6.89. The summed E-state index contributed by atoms with van der Waals surface area (Å²) in [5, 5.41) is 3.21. The number of ether oxygens (including phenoxy) is 1. The van der Waals surface area contributed by atoms with Crippen LogP contribution in [0.25, 0.3) is 0 Å². The lowest BCUT2D eigenvalue weighted by molar-refractivity contribution is -0.0117. The van der Waals surface area contributed by atoms with Gasteiger partial charge in [0, 0.05) is 6.54 Å². The summed E-state index contributed by atoms with van der Waals surface area (Å²) in [7, 11) is 1.97. The highest BCUT2D eigenvalue weighted by atomic mass is 16.5. The first-order chi connectivity index (χ1) is 8.52. The summed E-state index contributed by atoms with van der Waals surface area (Å²) >= 11 is 0. The van der Waals surface area contributed by atoms with Gasteiger partial charge in [-0.2, -0.15) is 0 Å². The number of nitrogens with one attached hydrogen (secondary N) is 1. The molecular formula is C16H27NO. The van der Waals surface area contributed by atoms with E-state index in [-0.39, 0.29) is 6.10 Å². The minimum Gasteiger partial charge on any atom is -0.369 e. The predicted molar refractivity (Wildman–Crippen MR) is 77.8 cm³/mol. The summed E-state index contributed by atoms with van der Waals surface area (Å²) in [5.74, 6) is 0.674. The van der Waals surface area contributed by atoms with E-state index in [2.05, 4.69) is 57.3 Å². The van der Waals surface area contributed by atoms with Crippen LogP contribution in [0, 0.1) is 12.8 Å². The van der Waals surface area contributed by atoms with Crippen LogP contribution < -0.4 is 5.32 Å². The molecule has 0 saturated heterocycles. The highest BCUT2D eigenvalue weighted by Crippen LogP contribution is 2.21. The van der Waals surface area contributed by atoms with E-state index in [0.29, 0.717) is 12.0 Å². The van der Waals surface area contributed by atoms with Gasteiger partial charge in [-0.1, -0.05) is 43.7 Å². The molecule has 0 aliphatic rings. The molecule has 0 radical (unpaired) electrons. The maximum Gasteiger partial charge on any atom is 0.0952 e. The third kappa shape index (κ3) is 5.19. The molecule has 2 atom stereocenters. The molecule has 0 aromatic heterocycles. The zero-order chi connectivity index (χ0) is 13.5. The van der Waals surface area contributed by atoms with Gasteiger partial charge in [0.25, 0.3) is 0 Å². The first kappa shape index (κ1) is 15.2. The van der Waals surface area contributed by atoms with E-state index in [9.17, 15) is 0 Å². The van der Waals surface area contributed by atoms with Crippen molar-refractivity contribution in [3.05, 3.63) is 35.4 Å². The standard InChI is InChI=1S/C16H27NO/c1-12(2)10-14(4)18-16(11-17-5)15-8-6-13(3)7-9-15/h6-9,12,14,16-17H,10-11H2,1-5H3. The van der Waals surface area contributed by atoms with Crippen LogP contribution >= 0.6 is 0 Å².